The van der Waals surface area contributed by atoms with Crippen molar-refractivity contribution in [3.05, 3.63) is 57.4 Å². The fourth-order valence-corrected chi connectivity index (χ4v) is 3.25. The highest BCUT2D eigenvalue weighted by Gasteiger charge is 2.22. The second-order valence-electron chi connectivity index (χ2n) is 5.75. The molecule has 0 aromatic heterocycles. The summed E-state index contributed by atoms with van der Waals surface area (Å²) < 4.78 is 14.4. The van der Waals surface area contributed by atoms with E-state index >= 15 is 0 Å². The highest BCUT2D eigenvalue weighted by molar-refractivity contribution is 5.76. The quantitative estimate of drug-likeness (QED) is 0.632. The molecule has 0 unspecified atom stereocenters. The van der Waals surface area contributed by atoms with Gasteiger partial charge in [0, 0.05) is 5.56 Å². The minimum absolute atomic E-state index is 0.0707. The minimum atomic E-state index is -0.0707. The van der Waals surface area contributed by atoms with Gasteiger partial charge in [0.05, 0.1) is 0 Å². The lowest BCUT2D eigenvalue weighted by atomic mass is 9.80. The van der Waals surface area contributed by atoms with Crippen LogP contribution in [0, 0.1) is 33.5 Å². The first kappa shape index (κ1) is 12.4. The zero-order valence-corrected chi connectivity index (χ0v) is 12.0. The molecule has 0 amide bonds. The number of fused-ring (bicyclic) bond motifs is 3. The highest BCUT2D eigenvalue weighted by atomic mass is 19.1. The molecule has 0 atom stereocenters. The summed E-state index contributed by atoms with van der Waals surface area (Å²) in [6.45, 7) is 8.40. The molecule has 1 heteroatoms. The number of rotatable bonds is 0. The maximum Gasteiger partial charge on any atom is 0.131 e. The van der Waals surface area contributed by atoms with E-state index in [-0.39, 0.29) is 5.82 Å². The van der Waals surface area contributed by atoms with Crippen LogP contribution in [0.15, 0.2) is 18.2 Å². The molecule has 0 saturated heterocycles. The predicted octanol–water partition coefficient (Wildman–Crippen LogP) is 4.82. The van der Waals surface area contributed by atoms with Crippen molar-refractivity contribution in [3.8, 4) is 11.1 Å². The average molecular weight is 254 g/mol. The molecular weight excluding hydrogens is 235 g/mol. The van der Waals surface area contributed by atoms with Crippen LogP contribution in [0.2, 0.25) is 0 Å². The van der Waals surface area contributed by atoms with Gasteiger partial charge in [-0.1, -0.05) is 12.1 Å². The topological polar surface area (TPSA) is 0 Å². The van der Waals surface area contributed by atoms with E-state index < -0.39 is 0 Å². The lowest BCUT2D eigenvalue weighted by molar-refractivity contribution is 0.626. The lowest BCUT2D eigenvalue weighted by Gasteiger charge is -2.25. The number of halogens is 1. The van der Waals surface area contributed by atoms with Gasteiger partial charge in [0.1, 0.15) is 5.82 Å². The Balaban J connectivity index is 2.36. The summed E-state index contributed by atoms with van der Waals surface area (Å²) in [5, 5.41) is 0. The van der Waals surface area contributed by atoms with E-state index in [0.717, 1.165) is 35.1 Å². The molecule has 0 nitrogen and oxygen atoms in total. The summed E-state index contributed by atoms with van der Waals surface area (Å²) >= 11 is 0. The van der Waals surface area contributed by atoms with Crippen LogP contribution in [0.5, 0.6) is 0 Å². The van der Waals surface area contributed by atoms with Crippen LogP contribution in [0.3, 0.4) is 0 Å². The van der Waals surface area contributed by atoms with E-state index in [9.17, 15) is 4.39 Å². The smallest absolute Gasteiger partial charge is 0.131 e. The fraction of sp³-hybridized carbons (Fsp3) is 0.333. The van der Waals surface area contributed by atoms with Crippen molar-refractivity contribution < 1.29 is 4.39 Å². The molecule has 0 spiro atoms. The van der Waals surface area contributed by atoms with Crippen LogP contribution >= 0.6 is 0 Å². The number of hydrogen-bond donors (Lipinski definition) is 0. The summed E-state index contributed by atoms with van der Waals surface area (Å²) in [6.07, 6.45) is 1.97. The van der Waals surface area contributed by atoms with Gasteiger partial charge in [-0.2, -0.15) is 0 Å². The fourth-order valence-electron chi connectivity index (χ4n) is 3.25. The standard InChI is InChI=1S/C18H19F/c1-10-7-14-5-6-15-13(4)12(3)11(2)9-16(15)18(14)17(19)8-10/h7-9H,5-6H2,1-4H3. The van der Waals surface area contributed by atoms with Crippen molar-refractivity contribution >= 4 is 0 Å². The first-order valence-electron chi connectivity index (χ1n) is 6.88. The minimum Gasteiger partial charge on any atom is -0.206 e. The van der Waals surface area contributed by atoms with E-state index in [1.807, 2.05) is 6.92 Å². The molecule has 2 aromatic carbocycles. The Morgan fingerprint density at radius 3 is 2.37 bits per heavy atom. The van der Waals surface area contributed by atoms with Crippen LogP contribution in [-0.4, -0.2) is 0 Å². The highest BCUT2D eigenvalue weighted by Crippen LogP contribution is 2.39. The molecule has 3 rings (SSSR count). The third-order valence-electron chi connectivity index (χ3n) is 4.52. The second kappa shape index (κ2) is 4.19. The lowest BCUT2D eigenvalue weighted by Crippen LogP contribution is -2.09. The Morgan fingerprint density at radius 2 is 1.63 bits per heavy atom. The average Bonchev–Trinajstić information content (AvgIpc) is 2.35. The SMILES string of the molecule is Cc1cc(F)c2c(c1)CCc1c-2cc(C)c(C)c1C. The predicted molar refractivity (Wildman–Crippen MR) is 78.2 cm³/mol. The van der Waals surface area contributed by atoms with Crippen LogP contribution < -0.4 is 0 Å². The zero-order chi connectivity index (χ0) is 13.7. The molecule has 0 saturated carbocycles. The number of benzene rings is 2. The van der Waals surface area contributed by atoms with Crippen LogP contribution in [-0.2, 0) is 12.8 Å². The summed E-state index contributed by atoms with van der Waals surface area (Å²) in [5.41, 5.74) is 9.38. The Hall–Kier alpha value is -1.63. The summed E-state index contributed by atoms with van der Waals surface area (Å²) in [7, 11) is 0. The van der Waals surface area contributed by atoms with Crippen molar-refractivity contribution in [1.29, 1.82) is 0 Å². The molecule has 2 aromatic rings. The van der Waals surface area contributed by atoms with Crippen molar-refractivity contribution in [2.24, 2.45) is 0 Å². The van der Waals surface area contributed by atoms with Gasteiger partial charge in [0.2, 0.25) is 0 Å². The molecule has 19 heavy (non-hydrogen) atoms. The molecule has 98 valence electrons. The molecule has 0 N–H and O–H groups in total. The van der Waals surface area contributed by atoms with Gasteiger partial charge in [-0.05, 0) is 85.5 Å². The number of hydrogen-bond acceptors (Lipinski definition) is 0. The van der Waals surface area contributed by atoms with Gasteiger partial charge in [-0.15, -0.1) is 0 Å². The summed E-state index contributed by atoms with van der Waals surface area (Å²) in [4.78, 5) is 0. The Bertz CT molecular complexity index is 681. The molecular formula is C18H19F. The first-order valence-corrected chi connectivity index (χ1v) is 6.88. The van der Waals surface area contributed by atoms with E-state index in [4.69, 9.17) is 0 Å². The molecule has 0 fully saturated rings. The van der Waals surface area contributed by atoms with Gasteiger partial charge < -0.3 is 0 Å². The molecule has 0 radical (unpaired) electrons. The van der Waals surface area contributed by atoms with Gasteiger partial charge in [-0.3, -0.25) is 0 Å². The van der Waals surface area contributed by atoms with Crippen LogP contribution in [0.4, 0.5) is 4.39 Å². The largest absolute Gasteiger partial charge is 0.206 e. The molecule has 1 aliphatic carbocycles. The Kier molecular flexibility index (Phi) is 2.74. The maximum absolute atomic E-state index is 14.4. The third-order valence-corrected chi connectivity index (χ3v) is 4.52. The monoisotopic (exact) mass is 254 g/mol. The Morgan fingerprint density at radius 1 is 0.895 bits per heavy atom. The third kappa shape index (κ3) is 1.80. The van der Waals surface area contributed by atoms with Gasteiger partial charge in [-0.25, -0.2) is 4.39 Å². The molecule has 1 aliphatic rings. The Labute approximate surface area is 114 Å². The van der Waals surface area contributed by atoms with Gasteiger partial charge in [0.15, 0.2) is 0 Å². The van der Waals surface area contributed by atoms with Crippen LogP contribution in [0.1, 0.15) is 33.4 Å². The van der Waals surface area contributed by atoms with Crippen molar-refractivity contribution in [2.45, 2.75) is 40.5 Å². The number of aryl methyl sites for hydroxylation is 3. The first-order chi connectivity index (χ1) is 8.99. The van der Waals surface area contributed by atoms with E-state index in [2.05, 4.69) is 32.9 Å². The summed E-state index contributed by atoms with van der Waals surface area (Å²) in [5.74, 6) is -0.0707. The van der Waals surface area contributed by atoms with Crippen molar-refractivity contribution in [2.75, 3.05) is 0 Å². The second-order valence-corrected chi connectivity index (χ2v) is 5.75. The van der Waals surface area contributed by atoms with E-state index in [1.165, 1.54) is 22.3 Å². The molecule has 0 aliphatic heterocycles. The normalized spacial score (nSPS) is 13.1. The summed E-state index contributed by atoms with van der Waals surface area (Å²) in [6, 6.07) is 5.94. The van der Waals surface area contributed by atoms with Gasteiger partial charge >= 0.3 is 0 Å². The van der Waals surface area contributed by atoms with E-state index in [0.29, 0.717) is 0 Å². The van der Waals surface area contributed by atoms with E-state index in [1.54, 1.807) is 6.07 Å². The van der Waals surface area contributed by atoms with Crippen LogP contribution in [0.25, 0.3) is 11.1 Å². The van der Waals surface area contributed by atoms with Crippen molar-refractivity contribution in [1.82, 2.24) is 0 Å². The zero-order valence-electron chi connectivity index (χ0n) is 12.0. The maximum atomic E-state index is 14.4. The van der Waals surface area contributed by atoms with Gasteiger partial charge in [0.25, 0.3) is 0 Å². The molecule has 0 bridgehead atoms. The molecule has 0 heterocycles. The van der Waals surface area contributed by atoms with Crippen molar-refractivity contribution in [3.63, 3.8) is 0 Å².